The average Bonchev–Trinajstić information content (AvgIpc) is 3.21. The van der Waals surface area contributed by atoms with Crippen molar-refractivity contribution in [2.75, 3.05) is 6.54 Å². The van der Waals surface area contributed by atoms with Gasteiger partial charge in [0.25, 0.3) is 0 Å². The lowest BCUT2D eigenvalue weighted by atomic mass is 9.85. The van der Waals surface area contributed by atoms with Gasteiger partial charge in [-0.2, -0.15) is 13.2 Å². The first-order valence-electron chi connectivity index (χ1n) is 9.99. The number of fused-ring (bicyclic) bond motifs is 3. The fourth-order valence-corrected chi connectivity index (χ4v) is 5.53. The summed E-state index contributed by atoms with van der Waals surface area (Å²) in [5.74, 6) is -0.811. The number of alkyl halides is 3. The number of carbonyl (C=O) groups is 1. The van der Waals surface area contributed by atoms with Crippen LogP contribution in [0.15, 0.2) is 0 Å². The molecule has 2 saturated heterocycles. The number of hydrogen-bond donors (Lipinski definition) is 3. The summed E-state index contributed by atoms with van der Waals surface area (Å²) < 4.78 is 38.4. The molecular weight excluding hydrogens is 345 g/mol. The van der Waals surface area contributed by atoms with Gasteiger partial charge in [0, 0.05) is 24.7 Å². The van der Waals surface area contributed by atoms with Gasteiger partial charge < -0.3 is 5.32 Å². The van der Waals surface area contributed by atoms with Gasteiger partial charge in [-0.15, -0.1) is 0 Å². The highest BCUT2D eigenvalue weighted by Gasteiger charge is 2.51. The molecule has 1 amide bonds. The van der Waals surface area contributed by atoms with Gasteiger partial charge in [0.2, 0.25) is 5.91 Å². The van der Waals surface area contributed by atoms with E-state index in [2.05, 4.69) is 28.0 Å². The van der Waals surface area contributed by atoms with Gasteiger partial charge in [-0.25, -0.2) is 5.01 Å². The molecule has 5 atom stereocenters. The summed E-state index contributed by atoms with van der Waals surface area (Å²) in [7, 11) is 0. The lowest BCUT2D eigenvalue weighted by molar-refractivity contribution is -0.182. The number of hydrazine groups is 1. The van der Waals surface area contributed by atoms with E-state index in [-0.39, 0.29) is 36.9 Å². The summed E-state index contributed by atoms with van der Waals surface area (Å²) in [6.07, 6.45) is 0.557. The van der Waals surface area contributed by atoms with Crippen LogP contribution in [-0.4, -0.2) is 47.9 Å². The van der Waals surface area contributed by atoms with Crippen molar-refractivity contribution in [2.45, 2.75) is 82.3 Å². The van der Waals surface area contributed by atoms with E-state index in [0.29, 0.717) is 37.4 Å². The molecule has 3 N–H and O–H groups in total. The normalized spacial score (nSPS) is 43.8. The second-order valence-corrected chi connectivity index (χ2v) is 8.54. The number of nitrogens with zero attached hydrogens (tertiary/aromatic N) is 1. The lowest BCUT2D eigenvalue weighted by Crippen LogP contribution is -2.64. The molecule has 5 unspecified atom stereocenters. The molecule has 4 rings (SSSR count). The summed E-state index contributed by atoms with van der Waals surface area (Å²) >= 11 is 0. The van der Waals surface area contributed by atoms with Gasteiger partial charge in [0.15, 0.2) is 0 Å². The van der Waals surface area contributed by atoms with Crippen LogP contribution in [0.3, 0.4) is 0 Å². The Hall–Kier alpha value is -0.860. The van der Waals surface area contributed by atoms with E-state index in [1.165, 1.54) is 12.8 Å². The highest BCUT2D eigenvalue weighted by Crippen LogP contribution is 2.39. The summed E-state index contributed by atoms with van der Waals surface area (Å²) in [6.45, 7) is 2.80. The third-order valence-corrected chi connectivity index (χ3v) is 7.01. The first-order valence-corrected chi connectivity index (χ1v) is 9.99. The van der Waals surface area contributed by atoms with Crippen molar-refractivity contribution in [1.29, 1.82) is 0 Å². The zero-order valence-corrected chi connectivity index (χ0v) is 15.2. The van der Waals surface area contributed by atoms with E-state index in [0.717, 1.165) is 6.42 Å². The van der Waals surface area contributed by atoms with Crippen LogP contribution in [0.4, 0.5) is 13.2 Å². The van der Waals surface area contributed by atoms with Gasteiger partial charge in [-0.1, -0.05) is 6.42 Å². The molecule has 26 heavy (non-hydrogen) atoms. The minimum absolute atomic E-state index is 0.0177. The molecule has 2 aliphatic carbocycles. The van der Waals surface area contributed by atoms with Crippen LogP contribution in [0.1, 0.15) is 51.9 Å². The van der Waals surface area contributed by atoms with Crippen molar-refractivity contribution in [3.63, 3.8) is 0 Å². The monoisotopic (exact) mass is 374 g/mol. The summed E-state index contributed by atoms with van der Waals surface area (Å²) in [6, 6.07) is 0.743. The highest BCUT2D eigenvalue weighted by atomic mass is 19.4. The maximum Gasteiger partial charge on any atom is 0.391 e. The van der Waals surface area contributed by atoms with E-state index < -0.39 is 12.1 Å². The summed E-state index contributed by atoms with van der Waals surface area (Å²) in [4.78, 5) is 12.8. The molecule has 0 spiro atoms. The Bertz CT molecular complexity index is 535. The molecule has 2 heterocycles. The van der Waals surface area contributed by atoms with E-state index >= 15 is 0 Å². The van der Waals surface area contributed by atoms with E-state index in [1.807, 2.05) is 0 Å². The Labute approximate surface area is 152 Å². The number of carbonyl (C=O) groups excluding carboxylic acids is 1. The fraction of sp³-hybridized carbons (Fsp3) is 0.944. The topological polar surface area (TPSA) is 56.4 Å². The maximum atomic E-state index is 12.8. The van der Waals surface area contributed by atoms with Crippen LogP contribution in [0.5, 0.6) is 0 Å². The largest absolute Gasteiger partial charge is 0.391 e. The zero-order valence-electron chi connectivity index (χ0n) is 15.2. The molecule has 0 aromatic heterocycles. The summed E-state index contributed by atoms with van der Waals surface area (Å²) in [5, 5.41) is 8.86. The molecule has 0 aromatic rings. The molecule has 8 heteroatoms. The fourth-order valence-electron chi connectivity index (χ4n) is 5.53. The quantitative estimate of drug-likeness (QED) is 0.693. The van der Waals surface area contributed by atoms with Crippen LogP contribution >= 0.6 is 0 Å². The molecule has 2 aliphatic heterocycles. The number of hydrogen-bond acceptors (Lipinski definition) is 4. The van der Waals surface area contributed by atoms with Gasteiger partial charge in [0.1, 0.15) is 0 Å². The molecule has 4 aliphatic rings. The molecule has 5 nitrogen and oxygen atoms in total. The molecule has 148 valence electrons. The number of halogens is 3. The standard InChI is InChI=1S/C18H29F3N4O/c1-10-13-3-2-4-15(13)25-16(23-10)14(9-22-25)17(26)24-12-7-5-11(6-8-12)18(19,20)21/h10-16,22-23H,2-9H2,1H3,(H,24,26). The van der Waals surface area contributed by atoms with Gasteiger partial charge >= 0.3 is 6.18 Å². The van der Waals surface area contributed by atoms with Crippen LogP contribution in [0.2, 0.25) is 0 Å². The Kier molecular flexibility index (Phi) is 4.94. The van der Waals surface area contributed by atoms with Gasteiger partial charge in [-0.3, -0.25) is 15.5 Å². The Morgan fingerprint density at radius 3 is 2.54 bits per heavy atom. The third kappa shape index (κ3) is 3.36. The summed E-state index contributed by atoms with van der Waals surface area (Å²) in [5.41, 5.74) is 3.41. The number of rotatable bonds is 2. The average molecular weight is 374 g/mol. The van der Waals surface area contributed by atoms with Crippen molar-refractivity contribution in [2.24, 2.45) is 17.8 Å². The van der Waals surface area contributed by atoms with Crippen LogP contribution in [0, 0.1) is 17.8 Å². The third-order valence-electron chi connectivity index (χ3n) is 7.01. The smallest absolute Gasteiger partial charge is 0.353 e. The van der Waals surface area contributed by atoms with Crippen LogP contribution < -0.4 is 16.1 Å². The number of nitrogens with one attached hydrogen (secondary N) is 3. The SMILES string of the molecule is CC1NC2C(C(=O)NC3CCC(C(F)(F)F)CC3)CNN2C2CCCC12. The molecule has 2 saturated carbocycles. The Morgan fingerprint density at radius 1 is 1.12 bits per heavy atom. The lowest BCUT2D eigenvalue weighted by Gasteiger charge is -2.45. The van der Waals surface area contributed by atoms with Crippen molar-refractivity contribution < 1.29 is 18.0 Å². The van der Waals surface area contributed by atoms with Crippen LogP contribution in [0.25, 0.3) is 0 Å². The van der Waals surface area contributed by atoms with E-state index in [1.54, 1.807) is 0 Å². The second kappa shape index (κ2) is 6.95. The molecule has 0 aromatic carbocycles. The minimum atomic E-state index is -4.11. The second-order valence-electron chi connectivity index (χ2n) is 8.54. The first-order chi connectivity index (χ1) is 12.3. The first kappa shape index (κ1) is 18.5. The molecular formula is C18H29F3N4O. The highest BCUT2D eigenvalue weighted by molar-refractivity contribution is 5.80. The molecule has 0 bridgehead atoms. The van der Waals surface area contributed by atoms with Gasteiger partial charge in [0.05, 0.1) is 18.0 Å². The minimum Gasteiger partial charge on any atom is -0.353 e. The van der Waals surface area contributed by atoms with Gasteiger partial charge in [-0.05, 0) is 51.4 Å². The van der Waals surface area contributed by atoms with E-state index in [9.17, 15) is 18.0 Å². The van der Waals surface area contributed by atoms with Crippen molar-refractivity contribution in [3.8, 4) is 0 Å². The van der Waals surface area contributed by atoms with Crippen LogP contribution in [-0.2, 0) is 4.79 Å². The molecule has 4 fully saturated rings. The van der Waals surface area contributed by atoms with Crippen molar-refractivity contribution >= 4 is 5.91 Å². The van der Waals surface area contributed by atoms with Crippen molar-refractivity contribution in [1.82, 2.24) is 21.1 Å². The molecule has 0 radical (unpaired) electrons. The Balaban J connectivity index is 1.33. The predicted octanol–water partition coefficient (Wildman–Crippen LogP) is 2.15. The number of amides is 1. The zero-order chi connectivity index (χ0) is 18.5. The maximum absolute atomic E-state index is 12.8. The van der Waals surface area contributed by atoms with E-state index in [4.69, 9.17) is 0 Å². The predicted molar refractivity (Wildman–Crippen MR) is 90.8 cm³/mol. The van der Waals surface area contributed by atoms with Crippen molar-refractivity contribution in [3.05, 3.63) is 0 Å². The Morgan fingerprint density at radius 2 is 1.85 bits per heavy atom.